The van der Waals surface area contributed by atoms with Crippen molar-refractivity contribution in [1.82, 2.24) is 5.32 Å². The summed E-state index contributed by atoms with van der Waals surface area (Å²) in [6, 6.07) is 6.52. The third-order valence-corrected chi connectivity index (χ3v) is 1.97. The SMILES string of the molecule is CCNC(=O)Cc1ccccc1C(=O)O. The standard InChI is InChI=1S/C11H13NO3/c1-2-12-10(13)7-8-5-3-4-6-9(8)11(14)15/h3-6H,2,7H2,1H3,(H,12,13)(H,14,15). The highest BCUT2D eigenvalue weighted by molar-refractivity contribution is 5.91. The van der Waals surface area contributed by atoms with Gasteiger partial charge in [0.05, 0.1) is 12.0 Å². The molecular formula is C11H13NO3. The van der Waals surface area contributed by atoms with E-state index in [4.69, 9.17) is 5.11 Å². The molecule has 1 rings (SSSR count). The van der Waals surface area contributed by atoms with Gasteiger partial charge >= 0.3 is 5.97 Å². The van der Waals surface area contributed by atoms with Crippen molar-refractivity contribution in [1.29, 1.82) is 0 Å². The first-order valence-corrected chi connectivity index (χ1v) is 4.73. The second-order valence-electron chi connectivity index (χ2n) is 3.09. The fourth-order valence-electron chi connectivity index (χ4n) is 1.32. The number of hydrogen-bond acceptors (Lipinski definition) is 2. The van der Waals surface area contributed by atoms with Crippen LogP contribution in [0.5, 0.6) is 0 Å². The number of carbonyl (C=O) groups excluding carboxylic acids is 1. The van der Waals surface area contributed by atoms with Crippen LogP contribution in [-0.4, -0.2) is 23.5 Å². The van der Waals surface area contributed by atoms with E-state index in [2.05, 4.69) is 5.32 Å². The van der Waals surface area contributed by atoms with E-state index in [-0.39, 0.29) is 17.9 Å². The molecule has 0 unspecified atom stereocenters. The number of carboxylic acids is 1. The van der Waals surface area contributed by atoms with Crippen LogP contribution in [0.2, 0.25) is 0 Å². The lowest BCUT2D eigenvalue weighted by atomic mass is 10.0. The number of nitrogens with one attached hydrogen (secondary N) is 1. The molecule has 80 valence electrons. The van der Waals surface area contributed by atoms with Crippen LogP contribution in [0.15, 0.2) is 24.3 Å². The minimum absolute atomic E-state index is 0.107. The molecule has 0 aromatic heterocycles. The Morgan fingerprint density at radius 2 is 2.00 bits per heavy atom. The maximum absolute atomic E-state index is 11.3. The molecule has 0 heterocycles. The molecule has 1 amide bonds. The third kappa shape index (κ3) is 3.09. The van der Waals surface area contributed by atoms with E-state index in [1.165, 1.54) is 6.07 Å². The van der Waals surface area contributed by atoms with Gasteiger partial charge in [-0.25, -0.2) is 4.79 Å². The van der Waals surface area contributed by atoms with E-state index in [0.717, 1.165) is 0 Å². The lowest BCUT2D eigenvalue weighted by Crippen LogP contribution is -2.25. The number of aromatic carboxylic acids is 1. The molecule has 0 atom stereocenters. The largest absolute Gasteiger partial charge is 0.478 e. The molecule has 0 saturated carbocycles. The van der Waals surface area contributed by atoms with Gasteiger partial charge in [0, 0.05) is 6.54 Å². The van der Waals surface area contributed by atoms with Gasteiger partial charge < -0.3 is 10.4 Å². The van der Waals surface area contributed by atoms with Gasteiger partial charge in [-0.05, 0) is 18.6 Å². The summed E-state index contributed by atoms with van der Waals surface area (Å²) < 4.78 is 0. The fraction of sp³-hybridized carbons (Fsp3) is 0.273. The molecule has 0 saturated heterocycles. The maximum atomic E-state index is 11.3. The summed E-state index contributed by atoms with van der Waals surface area (Å²) in [5, 5.41) is 11.5. The second kappa shape index (κ2) is 5.14. The van der Waals surface area contributed by atoms with Crippen molar-refractivity contribution in [3.05, 3.63) is 35.4 Å². The van der Waals surface area contributed by atoms with Crippen molar-refractivity contribution in [2.75, 3.05) is 6.54 Å². The first-order chi connectivity index (χ1) is 7.15. The molecule has 1 aromatic carbocycles. The number of benzene rings is 1. The second-order valence-corrected chi connectivity index (χ2v) is 3.09. The van der Waals surface area contributed by atoms with E-state index in [1.807, 2.05) is 6.92 Å². The minimum Gasteiger partial charge on any atom is -0.478 e. The first kappa shape index (κ1) is 11.2. The normalized spacial score (nSPS) is 9.67. The van der Waals surface area contributed by atoms with Crippen molar-refractivity contribution in [3.8, 4) is 0 Å². The molecule has 4 nitrogen and oxygen atoms in total. The van der Waals surface area contributed by atoms with Gasteiger partial charge in [-0.15, -0.1) is 0 Å². The van der Waals surface area contributed by atoms with Crippen LogP contribution < -0.4 is 5.32 Å². The van der Waals surface area contributed by atoms with Gasteiger partial charge in [0.2, 0.25) is 5.91 Å². The summed E-state index contributed by atoms with van der Waals surface area (Å²) >= 11 is 0. The van der Waals surface area contributed by atoms with Crippen LogP contribution in [0.4, 0.5) is 0 Å². The Labute approximate surface area is 87.9 Å². The molecule has 0 aliphatic heterocycles. The highest BCUT2D eigenvalue weighted by Crippen LogP contribution is 2.09. The van der Waals surface area contributed by atoms with E-state index < -0.39 is 5.97 Å². The quantitative estimate of drug-likeness (QED) is 0.775. The van der Waals surface area contributed by atoms with E-state index in [0.29, 0.717) is 12.1 Å². The molecular weight excluding hydrogens is 194 g/mol. The number of rotatable bonds is 4. The lowest BCUT2D eigenvalue weighted by Gasteiger charge is -2.05. The predicted molar refractivity (Wildman–Crippen MR) is 55.8 cm³/mol. The molecule has 0 radical (unpaired) electrons. The maximum Gasteiger partial charge on any atom is 0.335 e. The molecule has 0 bridgehead atoms. The third-order valence-electron chi connectivity index (χ3n) is 1.97. The topological polar surface area (TPSA) is 66.4 Å². The van der Waals surface area contributed by atoms with Crippen molar-refractivity contribution in [3.63, 3.8) is 0 Å². The number of amides is 1. The van der Waals surface area contributed by atoms with Gasteiger partial charge in [-0.3, -0.25) is 4.79 Å². The molecule has 0 fully saturated rings. The van der Waals surface area contributed by atoms with Crippen molar-refractivity contribution >= 4 is 11.9 Å². The van der Waals surface area contributed by atoms with Gasteiger partial charge in [0.15, 0.2) is 0 Å². The van der Waals surface area contributed by atoms with Crippen molar-refractivity contribution < 1.29 is 14.7 Å². The Balaban J connectivity index is 2.84. The van der Waals surface area contributed by atoms with Crippen LogP contribution in [0.3, 0.4) is 0 Å². The highest BCUT2D eigenvalue weighted by atomic mass is 16.4. The highest BCUT2D eigenvalue weighted by Gasteiger charge is 2.11. The van der Waals surface area contributed by atoms with Crippen LogP contribution in [0.1, 0.15) is 22.8 Å². The minimum atomic E-state index is -1.00. The average Bonchev–Trinajstić information content (AvgIpc) is 2.18. The lowest BCUT2D eigenvalue weighted by molar-refractivity contribution is -0.120. The summed E-state index contributed by atoms with van der Waals surface area (Å²) in [7, 11) is 0. The van der Waals surface area contributed by atoms with Crippen molar-refractivity contribution in [2.24, 2.45) is 0 Å². The van der Waals surface area contributed by atoms with Gasteiger partial charge in [0.25, 0.3) is 0 Å². The zero-order valence-corrected chi connectivity index (χ0v) is 8.49. The van der Waals surface area contributed by atoms with E-state index >= 15 is 0 Å². The predicted octanol–water partition coefficient (Wildman–Crippen LogP) is 1.06. The molecule has 15 heavy (non-hydrogen) atoms. The summed E-state index contributed by atoms with van der Waals surface area (Å²) in [6.07, 6.45) is 0.107. The van der Waals surface area contributed by atoms with Gasteiger partial charge in [0.1, 0.15) is 0 Å². The Kier molecular flexibility index (Phi) is 3.85. The average molecular weight is 207 g/mol. The Hall–Kier alpha value is -1.84. The number of carboxylic acid groups (broad SMARTS) is 1. The summed E-state index contributed by atoms with van der Waals surface area (Å²) in [5.74, 6) is -1.17. The van der Waals surface area contributed by atoms with Gasteiger partial charge in [-0.1, -0.05) is 18.2 Å². The fourth-order valence-corrected chi connectivity index (χ4v) is 1.32. The Bertz CT molecular complexity index is 374. The zero-order chi connectivity index (χ0) is 11.3. The van der Waals surface area contributed by atoms with E-state index in [9.17, 15) is 9.59 Å². The zero-order valence-electron chi connectivity index (χ0n) is 8.49. The smallest absolute Gasteiger partial charge is 0.335 e. The summed E-state index contributed by atoms with van der Waals surface area (Å²) in [6.45, 7) is 2.37. The van der Waals surface area contributed by atoms with Crippen molar-refractivity contribution in [2.45, 2.75) is 13.3 Å². The van der Waals surface area contributed by atoms with Crippen LogP contribution >= 0.6 is 0 Å². The van der Waals surface area contributed by atoms with Crippen LogP contribution in [0, 0.1) is 0 Å². The first-order valence-electron chi connectivity index (χ1n) is 4.73. The van der Waals surface area contributed by atoms with Crippen LogP contribution in [-0.2, 0) is 11.2 Å². The molecule has 1 aromatic rings. The van der Waals surface area contributed by atoms with Crippen LogP contribution in [0.25, 0.3) is 0 Å². The Morgan fingerprint density at radius 1 is 1.33 bits per heavy atom. The molecule has 4 heteroatoms. The summed E-state index contributed by atoms with van der Waals surface area (Å²) in [4.78, 5) is 22.1. The summed E-state index contributed by atoms with van der Waals surface area (Å²) in [5.41, 5.74) is 0.722. The Morgan fingerprint density at radius 3 is 2.60 bits per heavy atom. The molecule has 0 aliphatic carbocycles. The number of carbonyl (C=O) groups is 2. The molecule has 0 aliphatic rings. The van der Waals surface area contributed by atoms with Gasteiger partial charge in [-0.2, -0.15) is 0 Å². The monoisotopic (exact) mass is 207 g/mol. The number of likely N-dealkylation sites (N-methyl/N-ethyl adjacent to an activating group) is 1. The van der Waals surface area contributed by atoms with E-state index in [1.54, 1.807) is 18.2 Å². The molecule has 0 spiro atoms. The molecule has 2 N–H and O–H groups in total. The number of hydrogen-bond donors (Lipinski definition) is 2.